The third kappa shape index (κ3) is 10.3. The second kappa shape index (κ2) is 20.2. The molecule has 0 amide bonds. The Balaban J connectivity index is -0.0000000417. The van der Waals surface area contributed by atoms with Crippen LogP contribution >= 0.6 is 0 Å². The summed E-state index contributed by atoms with van der Waals surface area (Å²) in [4.78, 5) is 0. The molecule has 0 bridgehead atoms. The Morgan fingerprint density at radius 3 is 1.06 bits per heavy atom. The molecule has 0 radical (unpaired) electrons. The van der Waals surface area contributed by atoms with Crippen molar-refractivity contribution in [3.63, 3.8) is 0 Å². The number of allylic oxidation sites excluding steroid dienone is 2. The topological polar surface area (TPSA) is 18.5 Å². The standard InChI is InChI=1S/C6H14O2Si2.6CH4/c9-7-5-3-1-2-4-6(5)8-10;;;;;;/h1-4H2,9-10H3;6*1H4. The molecule has 106 valence electrons. The molecular formula is C12H38O2Si2. The molecule has 0 aromatic rings. The van der Waals surface area contributed by atoms with Crippen LogP contribution in [0, 0.1) is 0 Å². The maximum Gasteiger partial charge on any atom is 0.203 e. The van der Waals surface area contributed by atoms with E-state index in [9.17, 15) is 0 Å². The van der Waals surface area contributed by atoms with Crippen LogP contribution in [0.4, 0.5) is 0 Å². The Morgan fingerprint density at radius 1 is 0.625 bits per heavy atom. The van der Waals surface area contributed by atoms with E-state index in [1.54, 1.807) is 0 Å². The van der Waals surface area contributed by atoms with Crippen LogP contribution in [0.3, 0.4) is 0 Å². The van der Waals surface area contributed by atoms with Crippen molar-refractivity contribution in [1.82, 2.24) is 0 Å². The van der Waals surface area contributed by atoms with Gasteiger partial charge in [0.25, 0.3) is 0 Å². The molecule has 4 heteroatoms. The molecule has 0 spiro atoms. The third-order valence-corrected chi connectivity index (χ3v) is 2.85. The Kier molecular flexibility index (Phi) is 45.5. The van der Waals surface area contributed by atoms with Gasteiger partial charge in [-0.1, -0.05) is 44.6 Å². The SMILES string of the molecule is C.C.C.C.C.C.[SiH3]OC1=C(O[SiH3])CCCC1. The van der Waals surface area contributed by atoms with E-state index in [2.05, 4.69) is 0 Å². The second-order valence-electron chi connectivity index (χ2n) is 2.46. The molecule has 0 atom stereocenters. The van der Waals surface area contributed by atoms with Gasteiger partial charge in [-0.2, -0.15) is 0 Å². The van der Waals surface area contributed by atoms with Gasteiger partial charge in [0.1, 0.15) is 11.5 Å². The average molecular weight is 271 g/mol. The smallest absolute Gasteiger partial charge is 0.203 e. The van der Waals surface area contributed by atoms with Gasteiger partial charge in [-0.15, -0.1) is 0 Å². The van der Waals surface area contributed by atoms with Crippen LogP contribution in [0.1, 0.15) is 70.2 Å². The summed E-state index contributed by atoms with van der Waals surface area (Å²) in [6.45, 7) is 0. The van der Waals surface area contributed by atoms with E-state index in [4.69, 9.17) is 8.85 Å². The van der Waals surface area contributed by atoms with Gasteiger partial charge in [-0.3, -0.25) is 0 Å². The lowest BCUT2D eigenvalue weighted by atomic mass is 10.1. The summed E-state index contributed by atoms with van der Waals surface area (Å²) in [5.74, 6) is 2.26. The lowest BCUT2D eigenvalue weighted by molar-refractivity contribution is 0.324. The van der Waals surface area contributed by atoms with Crippen LogP contribution in [-0.2, 0) is 8.85 Å². The molecule has 16 heavy (non-hydrogen) atoms. The molecule has 0 saturated carbocycles. The fourth-order valence-corrected chi connectivity index (χ4v) is 2.15. The van der Waals surface area contributed by atoms with Crippen LogP contribution < -0.4 is 0 Å². The van der Waals surface area contributed by atoms with Gasteiger partial charge in [-0.05, 0) is 12.8 Å². The zero-order valence-corrected chi connectivity index (χ0v) is 10.6. The lowest BCUT2D eigenvalue weighted by Crippen LogP contribution is -2.03. The van der Waals surface area contributed by atoms with Crippen molar-refractivity contribution in [2.45, 2.75) is 70.2 Å². The van der Waals surface area contributed by atoms with Crippen molar-refractivity contribution < 1.29 is 8.85 Å². The highest BCUT2D eigenvalue weighted by Gasteiger charge is 2.11. The van der Waals surface area contributed by atoms with E-state index in [0.717, 1.165) is 45.3 Å². The van der Waals surface area contributed by atoms with Crippen molar-refractivity contribution in [3.8, 4) is 0 Å². The summed E-state index contributed by atoms with van der Waals surface area (Å²) in [6, 6.07) is 0. The predicted molar refractivity (Wildman–Crippen MR) is 87.9 cm³/mol. The first-order valence-corrected chi connectivity index (χ1v) is 5.31. The van der Waals surface area contributed by atoms with Crippen molar-refractivity contribution >= 4 is 21.0 Å². The molecule has 0 fully saturated rings. The number of rotatable bonds is 2. The minimum atomic E-state index is 0. The van der Waals surface area contributed by atoms with Crippen molar-refractivity contribution in [2.75, 3.05) is 0 Å². The number of hydrogen-bond acceptors (Lipinski definition) is 2. The van der Waals surface area contributed by atoms with Gasteiger partial charge in [0.15, 0.2) is 0 Å². The molecule has 1 aliphatic carbocycles. The van der Waals surface area contributed by atoms with Gasteiger partial charge in [-0.25, -0.2) is 0 Å². The fraction of sp³-hybridized carbons (Fsp3) is 0.833. The first-order valence-electron chi connectivity index (χ1n) is 3.68. The van der Waals surface area contributed by atoms with E-state index in [1.165, 1.54) is 12.8 Å². The van der Waals surface area contributed by atoms with E-state index >= 15 is 0 Å². The maximum absolute atomic E-state index is 5.31. The summed E-state index contributed by atoms with van der Waals surface area (Å²) in [5.41, 5.74) is 0. The molecule has 0 saturated heterocycles. The zero-order chi connectivity index (χ0) is 7.40. The molecule has 0 aliphatic heterocycles. The first kappa shape index (κ1) is 36.0. The van der Waals surface area contributed by atoms with Crippen molar-refractivity contribution in [1.29, 1.82) is 0 Å². The molecule has 0 heterocycles. The summed E-state index contributed by atoms with van der Waals surface area (Å²) in [6.07, 6.45) is 4.74. The monoisotopic (exact) mass is 270 g/mol. The zero-order valence-electron chi connectivity index (χ0n) is 6.64. The summed E-state index contributed by atoms with van der Waals surface area (Å²) in [7, 11) is 1.60. The summed E-state index contributed by atoms with van der Waals surface area (Å²) >= 11 is 0. The van der Waals surface area contributed by atoms with E-state index in [0.29, 0.717) is 0 Å². The quantitative estimate of drug-likeness (QED) is 0.718. The summed E-state index contributed by atoms with van der Waals surface area (Å²) in [5, 5.41) is 0. The van der Waals surface area contributed by atoms with Gasteiger partial charge < -0.3 is 8.85 Å². The molecule has 0 aromatic heterocycles. The molecule has 0 aromatic carbocycles. The van der Waals surface area contributed by atoms with Crippen LogP contribution in [-0.4, -0.2) is 21.0 Å². The molecule has 1 aliphatic rings. The van der Waals surface area contributed by atoms with E-state index in [-0.39, 0.29) is 44.6 Å². The highest BCUT2D eigenvalue weighted by Crippen LogP contribution is 2.24. The number of hydrogen-bond donors (Lipinski definition) is 0. The third-order valence-electron chi connectivity index (χ3n) is 1.86. The largest absolute Gasteiger partial charge is 0.554 e. The fourth-order valence-electron chi connectivity index (χ4n) is 1.28. The van der Waals surface area contributed by atoms with E-state index < -0.39 is 0 Å². The second-order valence-corrected chi connectivity index (χ2v) is 3.28. The molecule has 2 nitrogen and oxygen atoms in total. The van der Waals surface area contributed by atoms with Crippen LogP contribution in [0.25, 0.3) is 0 Å². The molecule has 0 N–H and O–H groups in total. The van der Waals surface area contributed by atoms with Crippen LogP contribution in [0.5, 0.6) is 0 Å². The van der Waals surface area contributed by atoms with E-state index in [1.807, 2.05) is 0 Å². The van der Waals surface area contributed by atoms with Gasteiger partial charge in [0.05, 0.1) is 0 Å². The Morgan fingerprint density at radius 2 is 0.875 bits per heavy atom. The van der Waals surface area contributed by atoms with Gasteiger partial charge in [0, 0.05) is 12.8 Å². The lowest BCUT2D eigenvalue weighted by Gasteiger charge is -2.18. The normalized spacial score (nSPS) is 12.2. The van der Waals surface area contributed by atoms with Gasteiger partial charge in [0.2, 0.25) is 21.0 Å². The Bertz CT molecular complexity index is 132. The van der Waals surface area contributed by atoms with Crippen molar-refractivity contribution in [2.24, 2.45) is 0 Å². The predicted octanol–water partition coefficient (Wildman–Crippen LogP) is 3.18. The Labute approximate surface area is 112 Å². The molecule has 1 rings (SSSR count). The Hall–Kier alpha value is -0.226. The maximum atomic E-state index is 5.31. The first-order chi connectivity index (χ1) is 4.88. The average Bonchev–Trinajstić information content (AvgIpc) is 2.04. The summed E-state index contributed by atoms with van der Waals surface area (Å²) < 4.78 is 10.6. The minimum Gasteiger partial charge on any atom is -0.554 e. The van der Waals surface area contributed by atoms with Crippen LogP contribution in [0.15, 0.2) is 11.5 Å². The molecule has 0 unspecified atom stereocenters. The van der Waals surface area contributed by atoms with Crippen LogP contribution in [0.2, 0.25) is 0 Å². The van der Waals surface area contributed by atoms with Crippen molar-refractivity contribution in [3.05, 3.63) is 11.5 Å². The molecular weight excluding hydrogens is 232 g/mol. The van der Waals surface area contributed by atoms with Gasteiger partial charge >= 0.3 is 0 Å². The highest BCUT2D eigenvalue weighted by molar-refractivity contribution is 5.99. The highest BCUT2D eigenvalue weighted by atomic mass is 28.2. The minimum absolute atomic E-state index is 0.